The maximum Gasteiger partial charge on any atom is 0.251 e. The van der Waals surface area contributed by atoms with Gasteiger partial charge in [0.1, 0.15) is 5.82 Å². The van der Waals surface area contributed by atoms with Crippen molar-refractivity contribution in [2.45, 2.75) is 18.9 Å². The molecule has 2 aromatic heterocycles. The normalized spacial score (nSPS) is 16.8. The summed E-state index contributed by atoms with van der Waals surface area (Å²) in [7, 11) is 1.83. The third-order valence-electron chi connectivity index (χ3n) is 3.21. The van der Waals surface area contributed by atoms with E-state index < -0.39 is 0 Å². The number of H-pyrrole nitrogens is 1. The summed E-state index contributed by atoms with van der Waals surface area (Å²) in [6, 6.07) is 1.30. The van der Waals surface area contributed by atoms with Gasteiger partial charge in [0.25, 0.3) is 5.56 Å². The molecule has 3 N–H and O–H groups in total. The van der Waals surface area contributed by atoms with Gasteiger partial charge in [0.2, 0.25) is 0 Å². The fourth-order valence-corrected chi connectivity index (χ4v) is 2.01. The molecular formula is C12H15N5O. The third-order valence-corrected chi connectivity index (χ3v) is 3.21. The van der Waals surface area contributed by atoms with E-state index in [0.717, 1.165) is 18.4 Å². The lowest BCUT2D eigenvalue weighted by Crippen LogP contribution is -2.21. The van der Waals surface area contributed by atoms with Gasteiger partial charge in [-0.1, -0.05) is 0 Å². The maximum absolute atomic E-state index is 11.7. The zero-order valence-electron chi connectivity index (χ0n) is 10.1. The van der Waals surface area contributed by atoms with Gasteiger partial charge in [-0.2, -0.15) is 5.10 Å². The van der Waals surface area contributed by atoms with E-state index in [4.69, 9.17) is 5.73 Å². The molecule has 6 nitrogen and oxygen atoms in total. The van der Waals surface area contributed by atoms with Crippen LogP contribution in [-0.2, 0) is 7.05 Å². The Morgan fingerprint density at radius 2 is 2.33 bits per heavy atom. The lowest BCUT2D eigenvalue weighted by atomic mass is 10.1. The van der Waals surface area contributed by atoms with E-state index >= 15 is 0 Å². The van der Waals surface area contributed by atoms with Gasteiger partial charge in [0.05, 0.1) is 17.9 Å². The Hall–Kier alpha value is -1.95. The van der Waals surface area contributed by atoms with Crippen LogP contribution >= 0.6 is 0 Å². The van der Waals surface area contributed by atoms with Gasteiger partial charge in [-0.3, -0.25) is 9.48 Å². The number of hydrogen-bond acceptors (Lipinski definition) is 4. The van der Waals surface area contributed by atoms with Crippen molar-refractivity contribution in [3.05, 3.63) is 34.6 Å². The van der Waals surface area contributed by atoms with Crippen molar-refractivity contribution in [3.8, 4) is 11.3 Å². The Balaban J connectivity index is 2.02. The van der Waals surface area contributed by atoms with E-state index in [1.54, 1.807) is 10.9 Å². The smallest absolute Gasteiger partial charge is 0.251 e. The summed E-state index contributed by atoms with van der Waals surface area (Å²) in [6.45, 7) is 0. The molecule has 0 aliphatic heterocycles. The predicted octanol–water partition coefficient (Wildman–Crippen LogP) is 0.580. The molecule has 1 aliphatic rings. The van der Waals surface area contributed by atoms with Crippen LogP contribution in [0.2, 0.25) is 0 Å². The summed E-state index contributed by atoms with van der Waals surface area (Å²) in [4.78, 5) is 18.8. The summed E-state index contributed by atoms with van der Waals surface area (Å²) in [5.74, 6) is 1.03. The highest BCUT2D eigenvalue weighted by atomic mass is 16.1. The van der Waals surface area contributed by atoms with Gasteiger partial charge in [0, 0.05) is 24.9 Å². The highest BCUT2D eigenvalue weighted by Gasteiger charge is 2.31. The molecule has 1 atom stereocenters. The van der Waals surface area contributed by atoms with Crippen LogP contribution in [0.3, 0.4) is 0 Å². The summed E-state index contributed by atoms with van der Waals surface area (Å²) < 4.78 is 1.68. The zero-order chi connectivity index (χ0) is 12.7. The quantitative estimate of drug-likeness (QED) is 0.827. The molecule has 18 heavy (non-hydrogen) atoms. The van der Waals surface area contributed by atoms with Crippen LogP contribution < -0.4 is 11.3 Å². The average Bonchev–Trinajstić information content (AvgIpc) is 3.10. The molecular weight excluding hydrogens is 230 g/mol. The first-order valence-electron chi connectivity index (χ1n) is 5.99. The number of nitrogens with zero attached hydrogens (tertiary/aromatic N) is 3. The van der Waals surface area contributed by atoms with Gasteiger partial charge in [0.15, 0.2) is 0 Å². The number of rotatable bonds is 3. The Kier molecular flexibility index (Phi) is 2.52. The van der Waals surface area contributed by atoms with Crippen molar-refractivity contribution >= 4 is 0 Å². The SMILES string of the molecule is Cn1cc(-c2cc(=O)[nH]c(C(N)C3CC3)n2)cn1. The second-order valence-corrected chi connectivity index (χ2v) is 4.78. The first-order chi connectivity index (χ1) is 8.63. The largest absolute Gasteiger partial charge is 0.321 e. The van der Waals surface area contributed by atoms with Gasteiger partial charge in [-0.15, -0.1) is 0 Å². The predicted molar refractivity (Wildman–Crippen MR) is 66.7 cm³/mol. The molecule has 6 heteroatoms. The van der Waals surface area contributed by atoms with Crippen LogP contribution in [0, 0.1) is 5.92 Å². The van der Waals surface area contributed by atoms with E-state index in [1.807, 2.05) is 13.2 Å². The van der Waals surface area contributed by atoms with Crippen LogP contribution in [0.5, 0.6) is 0 Å². The molecule has 0 saturated heterocycles. The molecule has 1 unspecified atom stereocenters. The van der Waals surface area contributed by atoms with Crippen molar-refractivity contribution in [1.82, 2.24) is 19.7 Å². The number of nitrogens with one attached hydrogen (secondary N) is 1. The van der Waals surface area contributed by atoms with Gasteiger partial charge in [-0.25, -0.2) is 4.98 Å². The van der Waals surface area contributed by atoms with Gasteiger partial charge in [-0.05, 0) is 18.8 Å². The van der Waals surface area contributed by atoms with Gasteiger partial charge < -0.3 is 10.7 Å². The summed E-state index contributed by atoms with van der Waals surface area (Å²) >= 11 is 0. The third kappa shape index (κ3) is 2.06. The average molecular weight is 245 g/mol. The molecule has 94 valence electrons. The molecule has 0 aromatic carbocycles. The Labute approximate surface area is 104 Å². The lowest BCUT2D eigenvalue weighted by molar-refractivity contribution is 0.591. The molecule has 2 aromatic rings. The van der Waals surface area contributed by atoms with E-state index in [9.17, 15) is 4.79 Å². The molecule has 3 rings (SSSR count). The molecule has 0 radical (unpaired) electrons. The molecule has 2 heterocycles. The number of nitrogens with two attached hydrogens (primary N) is 1. The monoisotopic (exact) mass is 245 g/mol. The second-order valence-electron chi connectivity index (χ2n) is 4.78. The van der Waals surface area contributed by atoms with Crippen LogP contribution in [0.15, 0.2) is 23.3 Å². The molecule has 0 amide bonds. The summed E-state index contributed by atoms with van der Waals surface area (Å²) in [6.07, 6.45) is 5.74. The number of hydrogen-bond donors (Lipinski definition) is 2. The Morgan fingerprint density at radius 1 is 1.56 bits per heavy atom. The van der Waals surface area contributed by atoms with Crippen LogP contribution in [0.4, 0.5) is 0 Å². The molecule has 1 saturated carbocycles. The highest BCUT2D eigenvalue weighted by Crippen LogP contribution is 2.38. The minimum atomic E-state index is -0.172. The molecule has 0 spiro atoms. The topological polar surface area (TPSA) is 89.6 Å². The number of aromatic nitrogens is 4. The van der Waals surface area contributed by atoms with Crippen LogP contribution in [-0.4, -0.2) is 19.7 Å². The minimum Gasteiger partial charge on any atom is -0.321 e. The number of aromatic amines is 1. The fourth-order valence-electron chi connectivity index (χ4n) is 2.01. The van der Waals surface area contributed by atoms with Crippen molar-refractivity contribution in [2.24, 2.45) is 18.7 Å². The zero-order valence-corrected chi connectivity index (χ0v) is 10.1. The first kappa shape index (κ1) is 11.2. The Morgan fingerprint density at radius 3 is 2.94 bits per heavy atom. The number of aryl methyl sites for hydroxylation is 1. The van der Waals surface area contributed by atoms with Crippen molar-refractivity contribution in [2.75, 3.05) is 0 Å². The van der Waals surface area contributed by atoms with E-state index in [1.165, 1.54) is 6.07 Å². The van der Waals surface area contributed by atoms with E-state index in [-0.39, 0.29) is 11.6 Å². The standard InChI is InChI=1S/C12H15N5O/c1-17-6-8(5-14-17)9-4-10(18)16-12(15-9)11(13)7-2-3-7/h4-7,11H,2-3,13H2,1H3,(H,15,16,18). The van der Waals surface area contributed by atoms with Crippen molar-refractivity contribution in [1.29, 1.82) is 0 Å². The van der Waals surface area contributed by atoms with Gasteiger partial charge >= 0.3 is 0 Å². The molecule has 1 aliphatic carbocycles. The first-order valence-corrected chi connectivity index (χ1v) is 5.99. The van der Waals surface area contributed by atoms with Crippen LogP contribution in [0.1, 0.15) is 24.7 Å². The summed E-state index contributed by atoms with van der Waals surface area (Å²) in [5.41, 5.74) is 7.35. The van der Waals surface area contributed by atoms with Crippen molar-refractivity contribution in [3.63, 3.8) is 0 Å². The maximum atomic E-state index is 11.7. The molecule has 0 bridgehead atoms. The summed E-state index contributed by atoms with van der Waals surface area (Å²) in [5, 5.41) is 4.08. The van der Waals surface area contributed by atoms with Crippen LogP contribution in [0.25, 0.3) is 11.3 Å². The second kappa shape index (κ2) is 4.06. The fraction of sp³-hybridized carbons (Fsp3) is 0.417. The van der Waals surface area contributed by atoms with E-state index in [2.05, 4.69) is 15.1 Å². The lowest BCUT2D eigenvalue weighted by Gasteiger charge is -2.09. The van der Waals surface area contributed by atoms with Crippen molar-refractivity contribution < 1.29 is 0 Å². The highest BCUT2D eigenvalue weighted by molar-refractivity contribution is 5.56. The molecule has 1 fully saturated rings. The Bertz CT molecular complexity index is 625. The van der Waals surface area contributed by atoms with E-state index in [0.29, 0.717) is 17.4 Å². The minimum absolute atomic E-state index is 0.171.